The third-order valence-corrected chi connectivity index (χ3v) is 4.51. The van der Waals surface area contributed by atoms with Gasteiger partial charge < -0.3 is 15.5 Å². The number of rotatable bonds is 4. The van der Waals surface area contributed by atoms with E-state index in [9.17, 15) is 4.79 Å². The van der Waals surface area contributed by atoms with E-state index in [1.54, 1.807) is 6.20 Å². The van der Waals surface area contributed by atoms with Gasteiger partial charge in [0.1, 0.15) is 5.82 Å². The number of aromatic nitrogens is 1. The van der Waals surface area contributed by atoms with Gasteiger partial charge in [-0.25, -0.2) is 4.98 Å². The fourth-order valence-electron chi connectivity index (χ4n) is 3.23. The van der Waals surface area contributed by atoms with Crippen LogP contribution in [0.5, 0.6) is 0 Å². The van der Waals surface area contributed by atoms with Crippen LogP contribution in [0.4, 0.5) is 11.5 Å². The molecule has 2 aliphatic heterocycles. The highest BCUT2D eigenvalue weighted by Crippen LogP contribution is 2.18. The van der Waals surface area contributed by atoms with Crippen LogP contribution in [0.1, 0.15) is 25.7 Å². The number of pyridine rings is 1. The molecule has 0 aliphatic carbocycles. The second-order valence-electron chi connectivity index (χ2n) is 6.38. The molecular formula is C17H29Cl2N5O. The van der Waals surface area contributed by atoms with E-state index < -0.39 is 0 Å². The third kappa shape index (κ3) is 6.98. The maximum atomic E-state index is 12.2. The summed E-state index contributed by atoms with van der Waals surface area (Å²) >= 11 is 0. The van der Waals surface area contributed by atoms with Crippen LogP contribution < -0.4 is 15.5 Å². The molecule has 6 nitrogen and oxygen atoms in total. The molecule has 1 amide bonds. The molecule has 3 heterocycles. The molecule has 25 heavy (non-hydrogen) atoms. The average Bonchev–Trinajstić information content (AvgIpc) is 2.85. The number of anilines is 2. The van der Waals surface area contributed by atoms with E-state index in [1.807, 2.05) is 12.1 Å². The molecule has 2 fully saturated rings. The van der Waals surface area contributed by atoms with Crippen molar-refractivity contribution in [3.63, 3.8) is 0 Å². The van der Waals surface area contributed by atoms with Gasteiger partial charge >= 0.3 is 0 Å². The zero-order chi connectivity index (χ0) is 15.9. The van der Waals surface area contributed by atoms with Crippen LogP contribution in [0, 0.1) is 0 Å². The van der Waals surface area contributed by atoms with E-state index in [-0.39, 0.29) is 30.7 Å². The van der Waals surface area contributed by atoms with Gasteiger partial charge in [0.25, 0.3) is 0 Å². The molecule has 0 spiro atoms. The lowest BCUT2D eigenvalue weighted by Crippen LogP contribution is -2.35. The quantitative estimate of drug-likeness (QED) is 0.825. The number of carbonyl (C=O) groups is 1. The van der Waals surface area contributed by atoms with Crippen LogP contribution in [0.2, 0.25) is 0 Å². The molecule has 0 atom stereocenters. The van der Waals surface area contributed by atoms with Crippen molar-refractivity contribution >= 4 is 42.2 Å². The van der Waals surface area contributed by atoms with Crippen molar-refractivity contribution < 1.29 is 4.79 Å². The smallest absolute Gasteiger partial charge is 0.238 e. The minimum Gasteiger partial charge on any atom is -0.357 e. The molecule has 0 aromatic carbocycles. The van der Waals surface area contributed by atoms with E-state index in [2.05, 4.69) is 25.4 Å². The van der Waals surface area contributed by atoms with Gasteiger partial charge in [-0.2, -0.15) is 0 Å². The van der Waals surface area contributed by atoms with Crippen LogP contribution in [0.25, 0.3) is 0 Å². The summed E-state index contributed by atoms with van der Waals surface area (Å²) in [7, 11) is 0. The number of halogens is 2. The zero-order valence-corrected chi connectivity index (χ0v) is 16.2. The Balaban J connectivity index is 0.00000156. The van der Waals surface area contributed by atoms with E-state index in [0.717, 1.165) is 57.2 Å². The summed E-state index contributed by atoms with van der Waals surface area (Å²) in [4.78, 5) is 21.2. The monoisotopic (exact) mass is 389 g/mol. The largest absolute Gasteiger partial charge is 0.357 e. The van der Waals surface area contributed by atoms with Crippen molar-refractivity contribution in [3.05, 3.63) is 18.3 Å². The van der Waals surface area contributed by atoms with Crippen LogP contribution in [0.3, 0.4) is 0 Å². The highest BCUT2D eigenvalue weighted by molar-refractivity contribution is 5.92. The van der Waals surface area contributed by atoms with Gasteiger partial charge in [0.05, 0.1) is 18.4 Å². The number of nitrogens with one attached hydrogen (secondary N) is 2. The maximum absolute atomic E-state index is 12.2. The first-order valence-corrected chi connectivity index (χ1v) is 8.75. The Morgan fingerprint density at radius 2 is 1.84 bits per heavy atom. The topological polar surface area (TPSA) is 60.5 Å². The molecule has 2 saturated heterocycles. The molecule has 0 radical (unpaired) electrons. The predicted molar refractivity (Wildman–Crippen MR) is 107 cm³/mol. The molecule has 2 aliphatic rings. The van der Waals surface area contributed by atoms with Crippen molar-refractivity contribution in [2.75, 3.05) is 56.0 Å². The van der Waals surface area contributed by atoms with Gasteiger partial charge in [-0.15, -0.1) is 24.8 Å². The minimum absolute atomic E-state index is 0. The molecular weight excluding hydrogens is 361 g/mol. The first-order chi connectivity index (χ1) is 11.3. The Labute approximate surface area is 162 Å². The van der Waals surface area contributed by atoms with Crippen molar-refractivity contribution in [1.82, 2.24) is 15.2 Å². The molecule has 2 N–H and O–H groups in total. The number of carbonyl (C=O) groups excluding carboxylic acids is 1. The second-order valence-corrected chi connectivity index (χ2v) is 6.38. The molecule has 8 heteroatoms. The second kappa shape index (κ2) is 11.5. The molecule has 0 bridgehead atoms. The van der Waals surface area contributed by atoms with Crippen molar-refractivity contribution in [3.8, 4) is 0 Å². The Bertz CT molecular complexity index is 500. The molecule has 1 aromatic heterocycles. The minimum atomic E-state index is 0. The van der Waals surface area contributed by atoms with Crippen LogP contribution >= 0.6 is 24.8 Å². The lowest BCUT2D eigenvalue weighted by Gasteiger charge is -2.27. The zero-order valence-electron chi connectivity index (χ0n) is 14.6. The van der Waals surface area contributed by atoms with Crippen molar-refractivity contribution in [2.45, 2.75) is 25.7 Å². The summed E-state index contributed by atoms with van der Waals surface area (Å²) in [6, 6.07) is 3.97. The lowest BCUT2D eigenvalue weighted by molar-refractivity contribution is -0.117. The number of hydrogen-bond acceptors (Lipinski definition) is 5. The van der Waals surface area contributed by atoms with Gasteiger partial charge in [0.2, 0.25) is 5.91 Å². The summed E-state index contributed by atoms with van der Waals surface area (Å²) < 4.78 is 0. The van der Waals surface area contributed by atoms with Crippen LogP contribution in [-0.4, -0.2) is 61.6 Å². The Morgan fingerprint density at radius 1 is 1.04 bits per heavy atom. The van der Waals surface area contributed by atoms with Crippen LogP contribution in [-0.2, 0) is 4.79 Å². The van der Waals surface area contributed by atoms with E-state index >= 15 is 0 Å². The van der Waals surface area contributed by atoms with Gasteiger partial charge in [-0.05, 0) is 50.9 Å². The number of piperidine rings is 1. The van der Waals surface area contributed by atoms with Crippen molar-refractivity contribution in [2.24, 2.45) is 0 Å². The normalized spacial score (nSPS) is 18.5. The van der Waals surface area contributed by atoms with Gasteiger partial charge in [0, 0.05) is 26.2 Å². The SMILES string of the molecule is Cl.Cl.O=C(CN1CCCNCC1)Nc1ccc(N2CCCCC2)nc1. The summed E-state index contributed by atoms with van der Waals surface area (Å²) in [6.45, 7) is 6.53. The van der Waals surface area contributed by atoms with Crippen LogP contribution in [0.15, 0.2) is 18.3 Å². The molecule has 0 saturated carbocycles. The van der Waals surface area contributed by atoms with E-state index in [4.69, 9.17) is 0 Å². The Kier molecular flexibility index (Phi) is 10.1. The highest BCUT2D eigenvalue weighted by Gasteiger charge is 2.14. The van der Waals surface area contributed by atoms with Gasteiger partial charge in [0.15, 0.2) is 0 Å². The first kappa shape index (κ1) is 22.0. The first-order valence-electron chi connectivity index (χ1n) is 8.75. The van der Waals surface area contributed by atoms with E-state index in [0.29, 0.717) is 6.54 Å². The molecule has 3 rings (SSSR count). The highest BCUT2D eigenvalue weighted by atomic mass is 35.5. The maximum Gasteiger partial charge on any atom is 0.238 e. The molecule has 0 unspecified atom stereocenters. The average molecular weight is 390 g/mol. The summed E-state index contributed by atoms with van der Waals surface area (Å²) in [5.74, 6) is 1.06. The number of hydrogen-bond donors (Lipinski definition) is 2. The third-order valence-electron chi connectivity index (χ3n) is 4.51. The Hall–Kier alpha value is -1.08. The van der Waals surface area contributed by atoms with Crippen molar-refractivity contribution in [1.29, 1.82) is 0 Å². The predicted octanol–water partition coefficient (Wildman–Crippen LogP) is 2.15. The van der Waals surface area contributed by atoms with Gasteiger partial charge in [-0.1, -0.05) is 0 Å². The molecule has 1 aromatic rings. The fourth-order valence-corrected chi connectivity index (χ4v) is 3.23. The summed E-state index contributed by atoms with van der Waals surface area (Å²) in [6.07, 6.45) is 6.66. The van der Waals surface area contributed by atoms with E-state index in [1.165, 1.54) is 19.3 Å². The summed E-state index contributed by atoms with van der Waals surface area (Å²) in [5.41, 5.74) is 0.781. The standard InChI is InChI=1S/C17H27N5O.2ClH/c23-17(14-21-9-4-7-18-8-12-21)20-15-5-6-16(19-13-15)22-10-2-1-3-11-22;;/h5-6,13,18H,1-4,7-12,14H2,(H,20,23);2*1H. The lowest BCUT2D eigenvalue weighted by atomic mass is 10.1. The number of nitrogens with zero attached hydrogens (tertiary/aromatic N) is 3. The molecule has 142 valence electrons. The fraction of sp³-hybridized carbons (Fsp3) is 0.647. The summed E-state index contributed by atoms with van der Waals surface area (Å²) in [5, 5.41) is 6.31. The Morgan fingerprint density at radius 3 is 2.56 bits per heavy atom. The number of amides is 1. The van der Waals surface area contributed by atoms with Gasteiger partial charge in [-0.3, -0.25) is 9.69 Å².